The normalized spacial score (nSPS) is 12.0. The Morgan fingerprint density at radius 1 is 1.14 bits per heavy atom. The molecule has 3 rings (SSSR count). The lowest BCUT2D eigenvalue weighted by molar-refractivity contribution is 0.489. The third-order valence-electron chi connectivity index (χ3n) is 3.19. The van der Waals surface area contributed by atoms with E-state index in [1.165, 1.54) is 17.3 Å². The Morgan fingerprint density at radius 3 is 2.62 bits per heavy atom. The van der Waals surface area contributed by atoms with Crippen LogP contribution in [0.15, 0.2) is 51.2 Å². The third kappa shape index (κ3) is 3.03. The van der Waals surface area contributed by atoms with Gasteiger partial charge in [0.15, 0.2) is 5.58 Å². The SMILES string of the molecule is CC(C)(C)c1ccc(Sc2nc3cc(N)ccc3o2)nc1. The molecule has 21 heavy (non-hydrogen) atoms. The smallest absolute Gasteiger partial charge is 0.263 e. The number of aromatic nitrogens is 2. The van der Waals surface area contributed by atoms with Gasteiger partial charge in [0.1, 0.15) is 10.5 Å². The topological polar surface area (TPSA) is 64.9 Å². The predicted molar refractivity (Wildman–Crippen MR) is 85.5 cm³/mol. The van der Waals surface area contributed by atoms with Crippen molar-refractivity contribution in [3.05, 3.63) is 42.1 Å². The maximum atomic E-state index is 5.74. The molecule has 3 aromatic rings. The summed E-state index contributed by atoms with van der Waals surface area (Å²) in [5.41, 5.74) is 9.23. The zero-order chi connectivity index (χ0) is 15.0. The van der Waals surface area contributed by atoms with Gasteiger partial charge in [-0.15, -0.1) is 0 Å². The number of benzene rings is 1. The number of oxazole rings is 1. The number of nitrogens with zero attached hydrogens (tertiary/aromatic N) is 2. The largest absolute Gasteiger partial charge is 0.431 e. The molecule has 0 unspecified atom stereocenters. The monoisotopic (exact) mass is 299 g/mol. The van der Waals surface area contributed by atoms with Crippen LogP contribution in [0.4, 0.5) is 5.69 Å². The molecule has 2 aromatic heterocycles. The molecule has 0 aliphatic heterocycles. The average Bonchev–Trinajstić information content (AvgIpc) is 2.79. The summed E-state index contributed by atoms with van der Waals surface area (Å²) in [5.74, 6) is 0. The molecule has 0 amide bonds. The van der Waals surface area contributed by atoms with Crippen molar-refractivity contribution in [2.45, 2.75) is 36.4 Å². The minimum Gasteiger partial charge on any atom is -0.431 e. The molecule has 108 valence electrons. The second kappa shape index (κ2) is 5.07. The second-order valence-corrected chi connectivity index (χ2v) is 6.92. The van der Waals surface area contributed by atoms with Crippen LogP contribution in [-0.4, -0.2) is 9.97 Å². The third-order valence-corrected chi connectivity index (χ3v) is 3.99. The van der Waals surface area contributed by atoms with Crippen molar-refractivity contribution in [2.24, 2.45) is 0 Å². The standard InChI is InChI=1S/C16H17N3OS/c1-16(2,3)10-4-7-14(18-9-10)21-15-19-12-8-11(17)5-6-13(12)20-15/h4-9H,17H2,1-3H3. The molecule has 1 aromatic carbocycles. The molecule has 2 heterocycles. The summed E-state index contributed by atoms with van der Waals surface area (Å²) >= 11 is 1.41. The number of hydrogen-bond donors (Lipinski definition) is 1. The van der Waals surface area contributed by atoms with Gasteiger partial charge in [-0.3, -0.25) is 0 Å². The lowest BCUT2D eigenvalue weighted by Gasteiger charge is -2.18. The van der Waals surface area contributed by atoms with Crippen LogP contribution in [0.5, 0.6) is 0 Å². The van der Waals surface area contributed by atoms with Crippen LogP contribution in [-0.2, 0) is 5.41 Å². The van der Waals surface area contributed by atoms with E-state index in [0.29, 0.717) is 10.9 Å². The van der Waals surface area contributed by atoms with E-state index in [-0.39, 0.29) is 5.41 Å². The second-order valence-electron chi connectivity index (χ2n) is 5.94. The van der Waals surface area contributed by atoms with Crippen molar-refractivity contribution in [3.63, 3.8) is 0 Å². The number of nitrogens with two attached hydrogens (primary N) is 1. The van der Waals surface area contributed by atoms with Crippen molar-refractivity contribution < 1.29 is 4.42 Å². The molecular weight excluding hydrogens is 282 g/mol. The van der Waals surface area contributed by atoms with Gasteiger partial charge in [-0.25, -0.2) is 9.97 Å². The van der Waals surface area contributed by atoms with E-state index in [1.54, 1.807) is 12.1 Å². The number of pyridine rings is 1. The maximum Gasteiger partial charge on any atom is 0.263 e. The summed E-state index contributed by atoms with van der Waals surface area (Å²) in [6.07, 6.45) is 1.91. The number of fused-ring (bicyclic) bond motifs is 1. The van der Waals surface area contributed by atoms with E-state index >= 15 is 0 Å². The van der Waals surface area contributed by atoms with Gasteiger partial charge >= 0.3 is 0 Å². The molecule has 0 radical (unpaired) electrons. The number of hydrogen-bond acceptors (Lipinski definition) is 5. The first-order chi connectivity index (χ1) is 9.91. The molecule has 0 saturated carbocycles. The molecule has 0 atom stereocenters. The highest BCUT2D eigenvalue weighted by Gasteiger charge is 2.14. The van der Waals surface area contributed by atoms with E-state index in [2.05, 4.69) is 36.8 Å². The van der Waals surface area contributed by atoms with Gasteiger partial charge in [-0.05, 0) is 47.0 Å². The van der Waals surface area contributed by atoms with Gasteiger partial charge in [0, 0.05) is 11.9 Å². The highest BCUT2D eigenvalue weighted by molar-refractivity contribution is 7.99. The molecule has 4 nitrogen and oxygen atoms in total. The first-order valence-corrected chi connectivity index (χ1v) is 7.54. The van der Waals surface area contributed by atoms with Gasteiger partial charge < -0.3 is 10.2 Å². The molecule has 0 fully saturated rings. The van der Waals surface area contributed by atoms with E-state index in [1.807, 2.05) is 18.3 Å². The fraction of sp³-hybridized carbons (Fsp3) is 0.250. The summed E-state index contributed by atoms with van der Waals surface area (Å²) in [6.45, 7) is 6.51. The maximum absolute atomic E-state index is 5.74. The van der Waals surface area contributed by atoms with Crippen LogP contribution in [0.2, 0.25) is 0 Å². The highest BCUT2D eigenvalue weighted by Crippen LogP contribution is 2.30. The van der Waals surface area contributed by atoms with E-state index in [9.17, 15) is 0 Å². The molecular formula is C16H17N3OS. The molecule has 2 N–H and O–H groups in total. The Morgan fingerprint density at radius 2 is 1.95 bits per heavy atom. The number of anilines is 1. The van der Waals surface area contributed by atoms with Crippen LogP contribution >= 0.6 is 11.8 Å². The Balaban J connectivity index is 1.84. The van der Waals surface area contributed by atoms with Crippen LogP contribution in [0.25, 0.3) is 11.1 Å². The fourth-order valence-electron chi connectivity index (χ4n) is 1.94. The summed E-state index contributed by atoms with van der Waals surface area (Å²) in [5, 5.41) is 1.44. The molecule has 0 saturated heterocycles. The molecule has 0 aliphatic rings. The molecule has 0 spiro atoms. The predicted octanol–water partition coefficient (Wildman–Crippen LogP) is 4.25. The van der Waals surface area contributed by atoms with E-state index in [0.717, 1.165) is 16.1 Å². The van der Waals surface area contributed by atoms with Crippen LogP contribution in [0, 0.1) is 0 Å². The first-order valence-electron chi connectivity index (χ1n) is 6.72. The molecule has 0 aliphatic carbocycles. The summed E-state index contributed by atoms with van der Waals surface area (Å²) in [6, 6.07) is 9.53. The van der Waals surface area contributed by atoms with E-state index < -0.39 is 0 Å². The Kier molecular flexibility index (Phi) is 3.37. The number of nitrogen functional groups attached to an aromatic ring is 1. The quantitative estimate of drug-likeness (QED) is 0.716. The zero-order valence-corrected chi connectivity index (χ0v) is 13.1. The molecule has 5 heteroatoms. The number of rotatable bonds is 2. The van der Waals surface area contributed by atoms with Crippen molar-refractivity contribution in [3.8, 4) is 0 Å². The van der Waals surface area contributed by atoms with E-state index in [4.69, 9.17) is 10.2 Å². The molecule has 0 bridgehead atoms. The summed E-state index contributed by atoms with van der Waals surface area (Å²) in [4.78, 5) is 8.88. The summed E-state index contributed by atoms with van der Waals surface area (Å²) < 4.78 is 5.68. The average molecular weight is 299 g/mol. The minimum absolute atomic E-state index is 0.103. The van der Waals surface area contributed by atoms with Crippen molar-refractivity contribution in [1.82, 2.24) is 9.97 Å². The van der Waals surface area contributed by atoms with Gasteiger partial charge in [0.25, 0.3) is 5.22 Å². The Labute approximate surface area is 127 Å². The van der Waals surface area contributed by atoms with Crippen molar-refractivity contribution in [1.29, 1.82) is 0 Å². The lowest BCUT2D eigenvalue weighted by atomic mass is 9.88. The van der Waals surface area contributed by atoms with Crippen molar-refractivity contribution in [2.75, 3.05) is 5.73 Å². The zero-order valence-electron chi connectivity index (χ0n) is 12.3. The Hall–Kier alpha value is -2.01. The van der Waals surface area contributed by atoms with Gasteiger partial charge in [0.2, 0.25) is 0 Å². The Bertz CT molecular complexity index is 772. The van der Waals surface area contributed by atoms with Crippen LogP contribution < -0.4 is 5.73 Å². The van der Waals surface area contributed by atoms with Gasteiger partial charge in [-0.2, -0.15) is 0 Å². The van der Waals surface area contributed by atoms with Gasteiger partial charge in [-0.1, -0.05) is 26.8 Å². The summed E-state index contributed by atoms with van der Waals surface area (Å²) in [7, 11) is 0. The van der Waals surface area contributed by atoms with Crippen molar-refractivity contribution >= 4 is 28.5 Å². The lowest BCUT2D eigenvalue weighted by Crippen LogP contribution is -2.11. The van der Waals surface area contributed by atoms with Crippen LogP contribution in [0.1, 0.15) is 26.3 Å². The minimum atomic E-state index is 0.103. The van der Waals surface area contributed by atoms with Gasteiger partial charge in [0.05, 0.1) is 0 Å². The highest BCUT2D eigenvalue weighted by atomic mass is 32.2. The first kappa shape index (κ1) is 13.9. The fourth-order valence-corrected chi connectivity index (χ4v) is 2.64. The van der Waals surface area contributed by atoms with Crippen LogP contribution in [0.3, 0.4) is 0 Å².